The molecule has 1 rings (SSSR count). The molecule has 0 amide bonds. The van der Waals surface area contributed by atoms with Gasteiger partial charge in [-0.25, -0.2) is 0 Å². The van der Waals surface area contributed by atoms with Crippen molar-refractivity contribution < 1.29 is 5.21 Å². The van der Waals surface area contributed by atoms with Crippen LogP contribution in [0.2, 0.25) is 0 Å². The van der Waals surface area contributed by atoms with E-state index in [2.05, 4.69) is 21.1 Å². The summed E-state index contributed by atoms with van der Waals surface area (Å²) in [5.41, 5.74) is 0. The lowest BCUT2D eigenvalue weighted by molar-refractivity contribution is 0.321. The molecule has 0 aromatic carbocycles. The lowest BCUT2D eigenvalue weighted by atomic mass is 10.5. The Kier molecular flexibility index (Phi) is 2.71. The molecule has 0 spiro atoms. The Morgan fingerprint density at radius 1 is 1.80 bits per heavy atom. The molecule has 0 aliphatic carbocycles. The fourth-order valence-corrected chi connectivity index (χ4v) is 2.27. The van der Waals surface area contributed by atoms with Gasteiger partial charge in [0.05, 0.1) is 4.88 Å². The van der Waals surface area contributed by atoms with Crippen LogP contribution >= 0.6 is 38.9 Å². The van der Waals surface area contributed by atoms with Gasteiger partial charge in [-0.3, -0.25) is 0 Å². The van der Waals surface area contributed by atoms with Gasteiger partial charge < -0.3 is 5.21 Å². The van der Waals surface area contributed by atoms with E-state index in [1.54, 1.807) is 0 Å². The van der Waals surface area contributed by atoms with E-state index in [1.165, 1.54) is 11.3 Å². The molecule has 0 radical (unpaired) electrons. The number of rotatable bonds is 1. The molecule has 0 saturated carbocycles. The standard InChI is InChI=1S/C5H3BrClNOS/c6-3-1-2-10-4(3)5(7)8-9/h1-2,9H/b8-5-. The molecule has 0 bridgehead atoms. The Balaban J connectivity index is 3.05. The van der Waals surface area contributed by atoms with Crippen molar-refractivity contribution in [2.24, 2.45) is 5.16 Å². The molecule has 1 N–H and O–H groups in total. The van der Waals surface area contributed by atoms with Gasteiger partial charge in [0.2, 0.25) is 0 Å². The van der Waals surface area contributed by atoms with Gasteiger partial charge in [0.25, 0.3) is 0 Å². The fraction of sp³-hybridized carbons (Fsp3) is 0. The van der Waals surface area contributed by atoms with E-state index < -0.39 is 0 Å². The summed E-state index contributed by atoms with van der Waals surface area (Å²) < 4.78 is 0.848. The predicted octanol–water partition coefficient (Wildman–Crippen LogP) is 2.89. The third-order valence-corrected chi connectivity index (χ3v) is 3.11. The fourth-order valence-electron chi connectivity index (χ4n) is 0.486. The maximum absolute atomic E-state index is 8.27. The van der Waals surface area contributed by atoms with Gasteiger partial charge in [0.15, 0.2) is 5.17 Å². The molecule has 0 aliphatic heterocycles. The SMILES string of the molecule is O/N=C(\Cl)c1sccc1Br. The van der Waals surface area contributed by atoms with Crippen LogP contribution in [0.15, 0.2) is 21.1 Å². The first-order chi connectivity index (χ1) is 4.75. The minimum atomic E-state index is 0.113. The van der Waals surface area contributed by atoms with Crippen LogP contribution in [0.5, 0.6) is 0 Å². The minimum absolute atomic E-state index is 0.113. The maximum Gasteiger partial charge on any atom is 0.186 e. The number of oxime groups is 1. The average Bonchev–Trinajstić information content (AvgIpc) is 2.34. The second-order valence-corrected chi connectivity index (χ2v) is 3.62. The van der Waals surface area contributed by atoms with Gasteiger partial charge in [-0.1, -0.05) is 16.8 Å². The van der Waals surface area contributed by atoms with E-state index >= 15 is 0 Å². The summed E-state index contributed by atoms with van der Waals surface area (Å²) in [4.78, 5) is 0.740. The van der Waals surface area contributed by atoms with E-state index in [9.17, 15) is 0 Å². The molecule has 5 heteroatoms. The average molecular weight is 241 g/mol. The summed E-state index contributed by atoms with van der Waals surface area (Å²) >= 11 is 10.2. The van der Waals surface area contributed by atoms with Crippen molar-refractivity contribution in [1.82, 2.24) is 0 Å². The van der Waals surface area contributed by atoms with E-state index in [1.807, 2.05) is 11.4 Å². The molecule has 1 aromatic heterocycles. The van der Waals surface area contributed by atoms with Crippen LogP contribution < -0.4 is 0 Å². The Hall–Kier alpha value is -0.0600. The molecule has 0 saturated heterocycles. The number of nitrogens with zero attached hydrogens (tertiary/aromatic N) is 1. The molecular weight excluding hydrogens is 237 g/mol. The highest BCUT2D eigenvalue weighted by molar-refractivity contribution is 9.10. The van der Waals surface area contributed by atoms with Crippen molar-refractivity contribution in [2.75, 3.05) is 0 Å². The lowest BCUT2D eigenvalue weighted by Gasteiger charge is -1.88. The zero-order valence-electron chi connectivity index (χ0n) is 4.71. The number of hydrogen-bond acceptors (Lipinski definition) is 3. The molecule has 0 fully saturated rings. The molecule has 0 unspecified atom stereocenters. The normalized spacial score (nSPS) is 12.0. The van der Waals surface area contributed by atoms with Crippen molar-refractivity contribution in [3.63, 3.8) is 0 Å². The second kappa shape index (κ2) is 3.37. The van der Waals surface area contributed by atoms with E-state index in [4.69, 9.17) is 16.8 Å². The van der Waals surface area contributed by atoms with Crippen LogP contribution in [-0.4, -0.2) is 10.4 Å². The lowest BCUT2D eigenvalue weighted by Crippen LogP contribution is -1.85. The highest BCUT2D eigenvalue weighted by atomic mass is 79.9. The maximum atomic E-state index is 8.27. The van der Waals surface area contributed by atoms with Gasteiger partial charge in [0.1, 0.15) is 0 Å². The summed E-state index contributed by atoms with van der Waals surface area (Å²) in [6, 6.07) is 1.84. The molecule has 1 aromatic rings. The zero-order chi connectivity index (χ0) is 7.56. The molecule has 0 atom stereocenters. The first-order valence-corrected chi connectivity index (χ1v) is 4.41. The van der Waals surface area contributed by atoms with Gasteiger partial charge >= 0.3 is 0 Å². The van der Waals surface area contributed by atoms with Crippen molar-refractivity contribution in [3.05, 3.63) is 20.8 Å². The van der Waals surface area contributed by atoms with Crippen molar-refractivity contribution in [3.8, 4) is 0 Å². The van der Waals surface area contributed by atoms with Crippen LogP contribution in [0.25, 0.3) is 0 Å². The predicted molar refractivity (Wildman–Crippen MR) is 46.2 cm³/mol. The van der Waals surface area contributed by atoms with Gasteiger partial charge in [0, 0.05) is 4.47 Å². The molecule has 2 nitrogen and oxygen atoms in total. The third kappa shape index (κ3) is 1.51. The Morgan fingerprint density at radius 3 is 2.90 bits per heavy atom. The molecule has 1 heterocycles. The first kappa shape index (κ1) is 8.04. The van der Waals surface area contributed by atoms with E-state index in [0.29, 0.717) is 0 Å². The van der Waals surface area contributed by atoms with Crippen LogP contribution in [0.3, 0.4) is 0 Å². The smallest absolute Gasteiger partial charge is 0.186 e. The Labute approximate surface area is 75.3 Å². The number of hydrogen-bond donors (Lipinski definition) is 1. The van der Waals surface area contributed by atoms with Crippen molar-refractivity contribution >= 4 is 44.0 Å². The molecule has 54 valence electrons. The van der Waals surface area contributed by atoms with Crippen LogP contribution in [0, 0.1) is 0 Å². The van der Waals surface area contributed by atoms with Gasteiger partial charge in [-0.15, -0.1) is 11.3 Å². The van der Waals surface area contributed by atoms with Crippen LogP contribution in [-0.2, 0) is 0 Å². The van der Waals surface area contributed by atoms with E-state index in [-0.39, 0.29) is 5.17 Å². The summed E-state index contributed by atoms with van der Waals surface area (Å²) in [7, 11) is 0. The largest absolute Gasteiger partial charge is 0.410 e. The van der Waals surface area contributed by atoms with Crippen LogP contribution in [0.4, 0.5) is 0 Å². The van der Waals surface area contributed by atoms with Crippen LogP contribution in [0.1, 0.15) is 4.88 Å². The summed E-state index contributed by atoms with van der Waals surface area (Å²) in [6.07, 6.45) is 0. The van der Waals surface area contributed by atoms with Gasteiger partial charge in [-0.2, -0.15) is 0 Å². The van der Waals surface area contributed by atoms with Gasteiger partial charge in [-0.05, 0) is 27.4 Å². The second-order valence-electron chi connectivity index (χ2n) is 1.49. The first-order valence-electron chi connectivity index (χ1n) is 2.36. The monoisotopic (exact) mass is 239 g/mol. The zero-order valence-corrected chi connectivity index (χ0v) is 7.87. The Morgan fingerprint density at radius 2 is 2.50 bits per heavy atom. The van der Waals surface area contributed by atoms with Crippen molar-refractivity contribution in [2.45, 2.75) is 0 Å². The quantitative estimate of drug-likeness (QED) is 0.457. The highest BCUT2D eigenvalue weighted by Crippen LogP contribution is 2.24. The number of halogens is 2. The van der Waals surface area contributed by atoms with Crippen molar-refractivity contribution in [1.29, 1.82) is 0 Å². The minimum Gasteiger partial charge on any atom is -0.410 e. The summed E-state index contributed by atoms with van der Waals surface area (Å²) in [6.45, 7) is 0. The highest BCUT2D eigenvalue weighted by Gasteiger charge is 2.05. The molecular formula is C5H3BrClNOS. The summed E-state index contributed by atoms with van der Waals surface area (Å²) in [5.74, 6) is 0. The summed E-state index contributed by atoms with van der Waals surface area (Å²) in [5, 5.41) is 13.1. The molecule has 10 heavy (non-hydrogen) atoms. The topological polar surface area (TPSA) is 32.6 Å². The Bertz CT molecular complexity index is 260. The number of thiophene rings is 1. The van der Waals surface area contributed by atoms with E-state index in [0.717, 1.165) is 9.35 Å². The molecule has 0 aliphatic rings. The third-order valence-electron chi connectivity index (χ3n) is 0.892.